The van der Waals surface area contributed by atoms with E-state index in [2.05, 4.69) is 12.2 Å². The number of ether oxygens (including phenoxy) is 2. The maximum absolute atomic E-state index is 12.1. The molecule has 2 amide bonds. The highest BCUT2D eigenvalue weighted by atomic mass is 16.5. The van der Waals surface area contributed by atoms with Gasteiger partial charge in [-0.1, -0.05) is 37.3 Å². The van der Waals surface area contributed by atoms with Gasteiger partial charge in [0.25, 0.3) is 5.91 Å². The average Bonchev–Trinajstić information content (AvgIpc) is 2.84. The number of piperidine rings is 1. The van der Waals surface area contributed by atoms with Crippen LogP contribution >= 0.6 is 0 Å². The first-order valence-electron chi connectivity index (χ1n) is 7.61. The number of hydrogen-bond acceptors (Lipinski definition) is 4. The van der Waals surface area contributed by atoms with Crippen LogP contribution in [0.5, 0.6) is 0 Å². The molecule has 0 saturated carbocycles. The molecule has 22 heavy (non-hydrogen) atoms. The molecule has 1 spiro atoms. The van der Waals surface area contributed by atoms with Crippen molar-refractivity contribution >= 4 is 11.8 Å². The van der Waals surface area contributed by atoms with E-state index in [1.54, 1.807) is 0 Å². The monoisotopic (exact) mass is 303 g/mol. The standard InChI is InChI=1S/C17H21NO4/c1-16(11-21-9-13-5-3-2-4-6-13)10-17(22-12-16)8-7-14(19)18-15(17)20/h2-6H,7-12H2,1H3,(H,18,19,20). The number of carbonyl (C=O) groups is 2. The second kappa shape index (κ2) is 5.82. The molecule has 1 aromatic carbocycles. The molecular weight excluding hydrogens is 282 g/mol. The van der Waals surface area contributed by atoms with Crippen molar-refractivity contribution < 1.29 is 19.1 Å². The third-order valence-electron chi connectivity index (χ3n) is 4.39. The molecule has 2 heterocycles. The van der Waals surface area contributed by atoms with Crippen LogP contribution in [0.3, 0.4) is 0 Å². The van der Waals surface area contributed by atoms with E-state index in [0.717, 1.165) is 5.56 Å². The summed E-state index contributed by atoms with van der Waals surface area (Å²) in [5.41, 5.74) is 0.0754. The zero-order valence-corrected chi connectivity index (χ0v) is 12.8. The molecule has 2 atom stereocenters. The minimum Gasteiger partial charge on any atom is -0.376 e. The van der Waals surface area contributed by atoms with Crippen LogP contribution in [0.25, 0.3) is 0 Å². The summed E-state index contributed by atoms with van der Waals surface area (Å²) in [6.07, 6.45) is 1.40. The number of amides is 2. The molecule has 0 bridgehead atoms. The van der Waals surface area contributed by atoms with E-state index < -0.39 is 5.60 Å². The van der Waals surface area contributed by atoms with Crippen LogP contribution in [-0.4, -0.2) is 30.6 Å². The molecule has 2 aliphatic rings. The quantitative estimate of drug-likeness (QED) is 0.862. The van der Waals surface area contributed by atoms with Gasteiger partial charge in [-0.15, -0.1) is 0 Å². The Balaban J connectivity index is 1.56. The number of imide groups is 1. The van der Waals surface area contributed by atoms with Gasteiger partial charge in [0.2, 0.25) is 5.91 Å². The molecule has 0 radical (unpaired) electrons. The maximum atomic E-state index is 12.1. The van der Waals surface area contributed by atoms with Crippen molar-refractivity contribution in [2.24, 2.45) is 5.41 Å². The summed E-state index contributed by atoms with van der Waals surface area (Å²) < 4.78 is 11.6. The van der Waals surface area contributed by atoms with Crippen molar-refractivity contribution in [2.75, 3.05) is 13.2 Å². The van der Waals surface area contributed by atoms with Gasteiger partial charge in [0.1, 0.15) is 5.60 Å². The van der Waals surface area contributed by atoms with Gasteiger partial charge in [-0.25, -0.2) is 0 Å². The van der Waals surface area contributed by atoms with Crippen molar-refractivity contribution in [1.29, 1.82) is 0 Å². The van der Waals surface area contributed by atoms with Gasteiger partial charge >= 0.3 is 0 Å². The minimum absolute atomic E-state index is 0.202. The fourth-order valence-electron chi connectivity index (χ4n) is 3.22. The maximum Gasteiger partial charge on any atom is 0.258 e. The Kier molecular flexibility index (Phi) is 4.02. The van der Waals surface area contributed by atoms with Gasteiger partial charge < -0.3 is 9.47 Å². The van der Waals surface area contributed by atoms with Crippen LogP contribution < -0.4 is 5.32 Å². The molecule has 1 N–H and O–H groups in total. The zero-order chi connectivity index (χ0) is 15.6. The summed E-state index contributed by atoms with van der Waals surface area (Å²) in [4.78, 5) is 23.4. The molecule has 118 valence electrons. The SMILES string of the molecule is CC1(COCc2ccccc2)COC2(CCC(=O)NC2=O)C1. The highest BCUT2D eigenvalue weighted by Gasteiger charge is 2.53. The Morgan fingerprint density at radius 3 is 2.77 bits per heavy atom. The van der Waals surface area contributed by atoms with E-state index in [4.69, 9.17) is 9.47 Å². The molecule has 1 aromatic rings. The molecule has 2 fully saturated rings. The third-order valence-corrected chi connectivity index (χ3v) is 4.39. The van der Waals surface area contributed by atoms with Crippen molar-refractivity contribution in [2.45, 2.75) is 38.4 Å². The molecular formula is C17H21NO4. The topological polar surface area (TPSA) is 64.6 Å². The van der Waals surface area contributed by atoms with Gasteiger partial charge in [-0.3, -0.25) is 14.9 Å². The number of carbonyl (C=O) groups excluding carboxylic acids is 2. The van der Waals surface area contributed by atoms with Crippen LogP contribution in [0.15, 0.2) is 30.3 Å². The Bertz CT molecular complexity index is 573. The lowest BCUT2D eigenvalue weighted by Crippen LogP contribution is -2.53. The molecule has 2 saturated heterocycles. The number of nitrogens with one attached hydrogen (secondary N) is 1. The first-order valence-corrected chi connectivity index (χ1v) is 7.61. The van der Waals surface area contributed by atoms with Gasteiger partial charge in [0, 0.05) is 11.8 Å². The molecule has 5 nitrogen and oxygen atoms in total. The van der Waals surface area contributed by atoms with Gasteiger partial charge in [-0.05, 0) is 18.4 Å². The van der Waals surface area contributed by atoms with E-state index in [9.17, 15) is 9.59 Å². The van der Waals surface area contributed by atoms with Crippen molar-refractivity contribution in [1.82, 2.24) is 5.32 Å². The third kappa shape index (κ3) is 3.05. The number of rotatable bonds is 4. The smallest absolute Gasteiger partial charge is 0.258 e. The Morgan fingerprint density at radius 1 is 1.27 bits per heavy atom. The number of hydrogen-bond donors (Lipinski definition) is 1. The molecule has 0 aromatic heterocycles. The van der Waals surface area contributed by atoms with Crippen LogP contribution in [0.2, 0.25) is 0 Å². The lowest BCUT2D eigenvalue weighted by molar-refractivity contribution is -0.151. The lowest BCUT2D eigenvalue weighted by atomic mass is 9.79. The largest absolute Gasteiger partial charge is 0.376 e. The predicted octanol–water partition coefficient (Wildman–Crippen LogP) is 1.81. The Morgan fingerprint density at radius 2 is 2.05 bits per heavy atom. The Labute approximate surface area is 130 Å². The summed E-state index contributed by atoms with van der Waals surface area (Å²) in [6, 6.07) is 9.99. The van der Waals surface area contributed by atoms with E-state index >= 15 is 0 Å². The molecule has 2 unspecified atom stereocenters. The second-order valence-corrected chi connectivity index (χ2v) is 6.63. The summed E-state index contributed by atoms with van der Waals surface area (Å²) in [7, 11) is 0. The normalized spacial score (nSPS) is 31.5. The molecule has 0 aliphatic carbocycles. The van der Waals surface area contributed by atoms with Crippen molar-refractivity contribution in [3.63, 3.8) is 0 Å². The minimum atomic E-state index is -0.848. The van der Waals surface area contributed by atoms with Crippen LogP contribution in [0.1, 0.15) is 31.7 Å². The van der Waals surface area contributed by atoms with Gasteiger partial charge in [-0.2, -0.15) is 0 Å². The molecule has 3 rings (SSSR count). The summed E-state index contributed by atoms with van der Waals surface area (Å²) in [6.45, 7) is 3.62. The zero-order valence-electron chi connectivity index (χ0n) is 12.8. The van der Waals surface area contributed by atoms with Crippen LogP contribution in [0.4, 0.5) is 0 Å². The van der Waals surface area contributed by atoms with Crippen LogP contribution in [-0.2, 0) is 25.7 Å². The van der Waals surface area contributed by atoms with E-state index in [1.807, 2.05) is 30.3 Å². The number of benzene rings is 1. The lowest BCUT2D eigenvalue weighted by Gasteiger charge is -2.31. The Hall–Kier alpha value is -1.72. The summed E-state index contributed by atoms with van der Waals surface area (Å²) in [5, 5.41) is 2.39. The van der Waals surface area contributed by atoms with Crippen molar-refractivity contribution in [3.05, 3.63) is 35.9 Å². The summed E-state index contributed by atoms with van der Waals surface area (Å²) in [5.74, 6) is -0.510. The fourth-order valence-corrected chi connectivity index (χ4v) is 3.22. The fraction of sp³-hybridized carbons (Fsp3) is 0.529. The summed E-state index contributed by atoms with van der Waals surface area (Å²) >= 11 is 0. The molecule has 5 heteroatoms. The highest BCUT2D eigenvalue weighted by Crippen LogP contribution is 2.43. The van der Waals surface area contributed by atoms with Crippen LogP contribution in [0, 0.1) is 5.41 Å². The van der Waals surface area contributed by atoms with Crippen molar-refractivity contribution in [3.8, 4) is 0 Å². The first kappa shape index (κ1) is 15.2. The van der Waals surface area contributed by atoms with Gasteiger partial charge in [0.15, 0.2) is 0 Å². The first-order chi connectivity index (χ1) is 10.5. The van der Waals surface area contributed by atoms with E-state index in [-0.39, 0.29) is 17.2 Å². The predicted molar refractivity (Wildman–Crippen MR) is 79.9 cm³/mol. The van der Waals surface area contributed by atoms with Gasteiger partial charge in [0.05, 0.1) is 19.8 Å². The van der Waals surface area contributed by atoms with E-state index in [1.165, 1.54) is 0 Å². The highest BCUT2D eigenvalue weighted by molar-refractivity contribution is 6.02. The van der Waals surface area contributed by atoms with E-state index in [0.29, 0.717) is 39.1 Å². The second-order valence-electron chi connectivity index (χ2n) is 6.63. The molecule has 2 aliphatic heterocycles. The average molecular weight is 303 g/mol.